The van der Waals surface area contributed by atoms with Crippen LogP contribution >= 0.6 is 15.9 Å². The molecule has 104 valence electrons. The van der Waals surface area contributed by atoms with E-state index in [0.29, 0.717) is 10.5 Å². The number of carbonyl (C=O) groups is 1. The summed E-state index contributed by atoms with van der Waals surface area (Å²) in [5.74, 6) is -0.326. The molecule has 0 radical (unpaired) electrons. The minimum absolute atomic E-state index is 0.0148. The number of piperidine rings is 1. The first kappa shape index (κ1) is 14.5. The molecule has 1 aliphatic heterocycles. The summed E-state index contributed by atoms with van der Waals surface area (Å²) in [5.41, 5.74) is 0.808. The molecule has 1 aromatic rings. The van der Waals surface area contributed by atoms with Crippen molar-refractivity contribution in [2.45, 2.75) is 38.3 Å². The number of hydrogen-bond donors (Lipinski definition) is 2. The van der Waals surface area contributed by atoms with E-state index < -0.39 is 0 Å². The molecule has 0 saturated carbocycles. The Balaban J connectivity index is 1.91. The van der Waals surface area contributed by atoms with Gasteiger partial charge in [0.2, 0.25) is 5.91 Å². The molecule has 0 bridgehead atoms. The van der Waals surface area contributed by atoms with Gasteiger partial charge in [-0.2, -0.15) is 0 Å². The van der Waals surface area contributed by atoms with Gasteiger partial charge in [0.15, 0.2) is 0 Å². The van der Waals surface area contributed by atoms with E-state index >= 15 is 0 Å². The van der Waals surface area contributed by atoms with Gasteiger partial charge < -0.3 is 10.6 Å². The van der Waals surface area contributed by atoms with Crippen molar-refractivity contribution in [1.29, 1.82) is 0 Å². The average molecular weight is 329 g/mol. The lowest BCUT2D eigenvalue weighted by atomic mass is 9.99. The molecule has 5 heteroatoms. The maximum atomic E-state index is 13.1. The standard InChI is InChI=1S/C14H18BrFN2O/c1-9-13(3-2-6-17-9)18-14(19)8-10-4-5-12(16)11(15)7-10/h4-5,7,9,13,17H,2-3,6,8H2,1H3,(H,18,19). The van der Waals surface area contributed by atoms with Crippen LogP contribution in [0.5, 0.6) is 0 Å². The molecule has 2 atom stereocenters. The normalized spacial score (nSPS) is 23.1. The minimum Gasteiger partial charge on any atom is -0.352 e. The van der Waals surface area contributed by atoms with E-state index in [-0.39, 0.29) is 24.2 Å². The Labute approximate surface area is 121 Å². The van der Waals surface area contributed by atoms with E-state index in [9.17, 15) is 9.18 Å². The fraction of sp³-hybridized carbons (Fsp3) is 0.500. The summed E-state index contributed by atoms with van der Waals surface area (Å²) in [7, 11) is 0. The zero-order valence-electron chi connectivity index (χ0n) is 10.9. The van der Waals surface area contributed by atoms with Gasteiger partial charge in [-0.25, -0.2) is 4.39 Å². The summed E-state index contributed by atoms with van der Waals surface area (Å²) >= 11 is 3.13. The van der Waals surface area contributed by atoms with Crippen LogP contribution in [0.1, 0.15) is 25.3 Å². The van der Waals surface area contributed by atoms with Gasteiger partial charge in [0.05, 0.1) is 10.9 Å². The van der Waals surface area contributed by atoms with Crippen molar-refractivity contribution in [3.63, 3.8) is 0 Å². The summed E-state index contributed by atoms with van der Waals surface area (Å²) < 4.78 is 13.5. The Hall–Kier alpha value is -0.940. The SMILES string of the molecule is CC1NCCCC1NC(=O)Cc1ccc(F)c(Br)c1. The maximum absolute atomic E-state index is 13.1. The third-order valence-electron chi connectivity index (χ3n) is 3.46. The van der Waals surface area contributed by atoms with Gasteiger partial charge in [0.25, 0.3) is 0 Å². The Morgan fingerprint density at radius 3 is 3.05 bits per heavy atom. The second-order valence-electron chi connectivity index (χ2n) is 4.98. The lowest BCUT2D eigenvalue weighted by molar-refractivity contribution is -0.121. The Bertz CT molecular complexity index is 467. The third kappa shape index (κ3) is 4.01. The van der Waals surface area contributed by atoms with Crippen LogP contribution in [0.3, 0.4) is 0 Å². The lowest BCUT2D eigenvalue weighted by Crippen LogP contribution is -2.52. The third-order valence-corrected chi connectivity index (χ3v) is 4.06. The molecule has 3 nitrogen and oxygen atoms in total. The van der Waals surface area contributed by atoms with Crippen molar-refractivity contribution in [2.75, 3.05) is 6.54 Å². The summed E-state index contributed by atoms with van der Waals surface area (Å²) in [6.45, 7) is 3.09. The van der Waals surface area contributed by atoms with Crippen molar-refractivity contribution >= 4 is 21.8 Å². The molecule has 19 heavy (non-hydrogen) atoms. The number of rotatable bonds is 3. The van der Waals surface area contributed by atoms with Gasteiger partial charge in [-0.1, -0.05) is 6.07 Å². The summed E-state index contributed by atoms with van der Waals surface area (Å²) in [5, 5.41) is 6.39. The van der Waals surface area contributed by atoms with E-state index in [4.69, 9.17) is 0 Å². The second kappa shape index (κ2) is 6.48. The molecule has 1 aliphatic rings. The highest BCUT2D eigenvalue weighted by Crippen LogP contribution is 2.17. The smallest absolute Gasteiger partial charge is 0.224 e. The molecule has 2 rings (SSSR count). The number of hydrogen-bond acceptors (Lipinski definition) is 2. The predicted molar refractivity (Wildman–Crippen MR) is 76.4 cm³/mol. The molecule has 0 aliphatic carbocycles. The highest BCUT2D eigenvalue weighted by atomic mass is 79.9. The molecule has 1 saturated heterocycles. The first-order valence-corrected chi connectivity index (χ1v) is 7.32. The van der Waals surface area contributed by atoms with Crippen molar-refractivity contribution in [1.82, 2.24) is 10.6 Å². The zero-order valence-corrected chi connectivity index (χ0v) is 12.5. The molecular weight excluding hydrogens is 311 g/mol. The van der Waals surface area contributed by atoms with Crippen LogP contribution in [0, 0.1) is 5.82 Å². The van der Waals surface area contributed by atoms with Crippen LogP contribution in [0.4, 0.5) is 4.39 Å². The van der Waals surface area contributed by atoms with Crippen molar-refractivity contribution in [2.24, 2.45) is 0 Å². The number of amides is 1. The first-order chi connectivity index (χ1) is 9.06. The van der Waals surface area contributed by atoms with Gasteiger partial charge in [-0.3, -0.25) is 4.79 Å². The van der Waals surface area contributed by atoms with Crippen LogP contribution < -0.4 is 10.6 Å². The van der Waals surface area contributed by atoms with E-state index in [1.54, 1.807) is 12.1 Å². The molecule has 2 unspecified atom stereocenters. The van der Waals surface area contributed by atoms with E-state index in [1.165, 1.54) is 6.07 Å². The zero-order chi connectivity index (χ0) is 13.8. The monoisotopic (exact) mass is 328 g/mol. The van der Waals surface area contributed by atoms with Gasteiger partial charge in [0.1, 0.15) is 5.82 Å². The number of nitrogens with one attached hydrogen (secondary N) is 2. The second-order valence-corrected chi connectivity index (χ2v) is 5.84. The fourth-order valence-electron chi connectivity index (χ4n) is 2.33. The van der Waals surface area contributed by atoms with Gasteiger partial charge >= 0.3 is 0 Å². The van der Waals surface area contributed by atoms with Crippen LogP contribution in [0.2, 0.25) is 0 Å². The molecule has 0 aromatic heterocycles. The Morgan fingerprint density at radius 1 is 1.58 bits per heavy atom. The first-order valence-electron chi connectivity index (χ1n) is 6.53. The number of halogens is 2. The molecule has 2 N–H and O–H groups in total. The molecule has 1 heterocycles. The largest absolute Gasteiger partial charge is 0.352 e. The van der Waals surface area contributed by atoms with Crippen LogP contribution in [0.15, 0.2) is 22.7 Å². The highest BCUT2D eigenvalue weighted by molar-refractivity contribution is 9.10. The van der Waals surface area contributed by atoms with E-state index in [2.05, 4.69) is 33.5 Å². The Kier molecular flexibility index (Phi) is 4.93. The predicted octanol–water partition coefficient (Wildman–Crippen LogP) is 2.39. The number of carbonyl (C=O) groups excluding carboxylic acids is 1. The minimum atomic E-state index is -0.311. The average Bonchev–Trinajstić information content (AvgIpc) is 2.37. The van der Waals surface area contributed by atoms with Crippen LogP contribution in [-0.4, -0.2) is 24.5 Å². The quantitative estimate of drug-likeness (QED) is 0.894. The topological polar surface area (TPSA) is 41.1 Å². The molecular formula is C14H18BrFN2O. The van der Waals surface area contributed by atoms with Gasteiger partial charge in [-0.15, -0.1) is 0 Å². The van der Waals surface area contributed by atoms with Crippen molar-refractivity contribution in [3.05, 3.63) is 34.1 Å². The molecule has 1 aromatic carbocycles. The molecule has 0 spiro atoms. The van der Waals surface area contributed by atoms with E-state index in [1.807, 2.05) is 0 Å². The lowest BCUT2D eigenvalue weighted by Gasteiger charge is -2.30. The van der Waals surface area contributed by atoms with Crippen molar-refractivity contribution < 1.29 is 9.18 Å². The van der Waals surface area contributed by atoms with Gasteiger partial charge in [0, 0.05) is 12.1 Å². The Morgan fingerprint density at radius 2 is 2.37 bits per heavy atom. The fourth-order valence-corrected chi connectivity index (χ4v) is 2.76. The summed E-state index contributed by atoms with van der Waals surface area (Å²) in [6, 6.07) is 5.15. The highest BCUT2D eigenvalue weighted by Gasteiger charge is 2.22. The molecule has 1 amide bonds. The van der Waals surface area contributed by atoms with Gasteiger partial charge in [-0.05, 0) is 59.9 Å². The maximum Gasteiger partial charge on any atom is 0.224 e. The summed E-state index contributed by atoms with van der Waals surface area (Å²) in [6.07, 6.45) is 2.37. The number of benzene rings is 1. The van der Waals surface area contributed by atoms with Crippen molar-refractivity contribution in [3.8, 4) is 0 Å². The summed E-state index contributed by atoms with van der Waals surface area (Å²) in [4.78, 5) is 12.0. The van der Waals surface area contributed by atoms with Crippen LogP contribution in [0.25, 0.3) is 0 Å². The van der Waals surface area contributed by atoms with E-state index in [0.717, 1.165) is 24.9 Å². The van der Waals surface area contributed by atoms with Crippen LogP contribution in [-0.2, 0) is 11.2 Å². The molecule has 1 fully saturated rings.